The van der Waals surface area contributed by atoms with Gasteiger partial charge < -0.3 is 9.88 Å². The van der Waals surface area contributed by atoms with Gasteiger partial charge in [0.05, 0.1) is 16.6 Å². The molecule has 5 nitrogen and oxygen atoms in total. The minimum Gasteiger partial charge on any atom is -0.317 e. The van der Waals surface area contributed by atoms with E-state index in [0.29, 0.717) is 29.2 Å². The molecule has 168 valence electrons. The van der Waals surface area contributed by atoms with Crippen LogP contribution in [0, 0.1) is 23.7 Å². The third-order valence-corrected chi connectivity index (χ3v) is 9.10. The minimum atomic E-state index is -0.137. The Morgan fingerprint density at radius 3 is 2.62 bits per heavy atom. The molecule has 1 saturated carbocycles. The molecule has 1 saturated heterocycles. The van der Waals surface area contributed by atoms with Crippen molar-refractivity contribution in [2.24, 2.45) is 23.7 Å². The number of halogens is 1. The number of piperidine rings is 1. The Bertz CT molecular complexity index is 1270. The quantitative estimate of drug-likeness (QED) is 0.532. The van der Waals surface area contributed by atoms with E-state index in [2.05, 4.69) is 62.3 Å². The van der Waals surface area contributed by atoms with E-state index in [0.717, 1.165) is 54.0 Å². The maximum atomic E-state index is 13.1. The Morgan fingerprint density at radius 1 is 1.12 bits per heavy atom. The molecule has 3 heterocycles. The molecule has 6 heteroatoms. The topological polar surface area (TPSA) is 51.3 Å². The molecule has 1 aromatic carbocycles. The van der Waals surface area contributed by atoms with Crippen molar-refractivity contribution in [1.82, 2.24) is 19.3 Å². The van der Waals surface area contributed by atoms with Crippen molar-refractivity contribution in [3.05, 3.63) is 50.5 Å². The summed E-state index contributed by atoms with van der Waals surface area (Å²) in [5.41, 5.74) is 3.41. The standard InChI is InChI=1S/C26H31BrN4O/c1-15-12-19(13-16(15)2)30-23-14-18(17-8-10-28-11-9-17)6-7-21(23)31-22-5-3-4-20(27)24(22)25(32)29-26(30)31/h3-7,15-19,28H,8-14H2,1-2H3/t15-,16?,18?,19?/m0/s1. The number of rotatable bonds is 2. The second-order valence-corrected chi connectivity index (χ2v) is 11.1. The predicted molar refractivity (Wildman–Crippen MR) is 133 cm³/mol. The molecule has 2 fully saturated rings. The van der Waals surface area contributed by atoms with Crippen LogP contribution in [0.15, 0.2) is 33.5 Å². The molecular formula is C26H31BrN4O. The molecule has 2 aromatic heterocycles. The van der Waals surface area contributed by atoms with Crippen LogP contribution in [-0.2, 0) is 6.42 Å². The van der Waals surface area contributed by atoms with Crippen LogP contribution < -0.4 is 10.9 Å². The summed E-state index contributed by atoms with van der Waals surface area (Å²) in [5, 5.41) is 4.18. The van der Waals surface area contributed by atoms with Crippen molar-refractivity contribution in [3.63, 3.8) is 0 Å². The van der Waals surface area contributed by atoms with E-state index in [9.17, 15) is 4.79 Å². The van der Waals surface area contributed by atoms with Gasteiger partial charge in [-0.2, -0.15) is 4.98 Å². The molecular weight excluding hydrogens is 464 g/mol. The van der Waals surface area contributed by atoms with Gasteiger partial charge in [-0.15, -0.1) is 0 Å². The van der Waals surface area contributed by atoms with E-state index >= 15 is 0 Å². The molecule has 3 aromatic rings. The molecule has 1 aliphatic heterocycles. The lowest BCUT2D eigenvalue weighted by atomic mass is 9.79. The number of fused-ring (bicyclic) bond motifs is 5. The van der Waals surface area contributed by atoms with Crippen LogP contribution in [0.5, 0.6) is 0 Å². The van der Waals surface area contributed by atoms with Gasteiger partial charge in [0.15, 0.2) is 0 Å². The molecule has 0 amide bonds. The molecule has 32 heavy (non-hydrogen) atoms. The number of hydrogen-bond acceptors (Lipinski definition) is 3. The van der Waals surface area contributed by atoms with Crippen LogP contribution in [0.25, 0.3) is 22.8 Å². The number of nitrogens with zero attached hydrogens (tertiary/aromatic N) is 3. The van der Waals surface area contributed by atoms with Gasteiger partial charge in [0, 0.05) is 16.2 Å². The Hall–Kier alpha value is -1.92. The fourth-order valence-corrected chi connectivity index (χ4v) is 7.00. The Balaban J connectivity index is 1.59. The molecule has 6 rings (SSSR count). The molecule has 0 bridgehead atoms. The Labute approximate surface area is 197 Å². The molecule has 0 spiro atoms. The van der Waals surface area contributed by atoms with Crippen molar-refractivity contribution in [2.45, 2.75) is 52.0 Å². The first-order valence-electron chi connectivity index (χ1n) is 12.2. The summed E-state index contributed by atoms with van der Waals surface area (Å²) in [7, 11) is 0. The van der Waals surface area contributed by atoms with Gasteiger partial charge in [-0.3, -0.25) is 9.20 Å². The van der Waals surface area contributed by atoms with Gasteiger partial charge in [0.25, 0.3) is 5.56 Å². The smallest absolute Gasteiger partial charge is 0.283 e. The van der Waals surface area contributed by atoms with Gasteiger partial charge in [-0.05, 0) is 103 Å². The molecule has 1 N–H and O–H groups in total. The highest BCUT2D eigenvalue weighted by molar-refractivity contribution is 9.10. The van der Waals surface area contributed by atoms with Crippen LogP contribution in [0.3, 0.4) is 0 Å². The first kappa shape index (κ1) is 20.7. The van der Waals surface area contributed by atoms with Crippen LogP contribution in [-0.4, -0.2) is 27.0 Å². The van der Waals surface area contributed by atoms with Crippen molar-refractivity contribution in [3.8, 4) is 0 Å². The predicted octanol–water partition coefficient (Wildman–Crippen LogP) is 5.20. The van der Waals surface area contributed by atoms with Gasteiger partial charge in [-0.25, -0.2) is 0 Å². The van der Waals surface area contributed by atoms with E-state index in [-0.39, 0.29) is 5.56 Å². The summed E-state index contributed by atoms with van der Waals surface area (Å²) >= 11 is 3.60. The molecule has 2 aliphatic carbocycles. The van der Waals surface area contributed by atoms with Gasteiger partial charge in [0.1, 0.15) is 0 Å². The highest BCUT2D eigenvalue weighted by Gasteiger charge is 2.35. The van der Waals surface area contributed by atoms with E-state index in [1.54, 1.807) is 0 Å². The second kappa shape index (κ2) is 7.84. The number of imidazole rings is 1. The molecule has 3 unspecified atom stereocenters. The molecule has 4 atom stereocenters. The number of allylic oxidation sites excluding steroid dienone is 1. The summed E-state index contributed by atoms with van der Waals surface area (Å²) in [6, 6.07) is 6.43. The maximum absolute atomic E-state index is 13.1. The summed E-state index contributed by atoms with van der Waals surface area (Å²) in [6.45, 7) is 6.98. The first-order chi connectivity index (χ1) is 15.5. The van der Waals surface area contributed by atoms with E-state index in [1.165, 1.54) is 24.2 Å². The molecule has 0 radical (unpaired) electrons. The maximum Gasteiger partial charge on any atom is 0.283 e. The fraction of sp³-hybridized carbons (Fsp3) is 0.538. The van der Waals surface area contributed by atoms with Gasteiger partial charge in [0.2, 0.25) is 5.78 Å². The number of aromatic nitrogens is 3. The van der Waals surface area contributed by atoms with Crippen molar-refractivity contribution in [1.29, 1.82) is 0 Å². The minimum absolute atomic E-state index is 0.137. The first-order valence-corrected chi connectivity index (χ1v) is 12.9. The third kappa shape index (κ3) is 3.13. The van der Waals surface area contributed by atoms with Gasteiger partial charge >= 0.3 is 0 Å². The highest BCUT2D eigenvalue weighted by atomic mass is 79.9. The zero-order valence-electron chi connectivity index (χ0n) is 18.9. The van der Waals surface area contributed by atoms with Crippen molar-refractivity contribution >= 4 is 38.7 Å². The summed E-state index contributed by atoms with van der Waals surface area (Å²) < 4.78 is 5.53. The van der Waals surface area contributed by atoms with Crippen molar-refractivity contribution < 1.29 is 0 Å². The SMILES string of the molecule is CC1CC(n2c3c(n4c5cccc(Br)c5c(=O)nc24)C=CC(C2CCNCC2)C3)C[C@@H]1C. The molecule has 3 aliphatic rings. The Morgan fingerprint density at radius 2 is 1.88 bits per heavy atom. The Kier molecular flexibility index (Phi) is 5.06. The van der Waals surface area contributed by atoms with E-state index < -0.39 is 0 Å². The van der Waals surface area contributed by atoms with Crippen LogP contribution in [0.2, 0.25) is 0 Å². The largest absolute Gasteiger partial charge is 0.317 e. The van der Waals surface area contributed by atoms with E-state index in [4.69, 9.17) is 4.98 Å². The summed E-state index contributed by atoms with van der Waals surface area (Å²) in [4.78, 5) is 17.8. The lowest BCUT2D eigenvalue weighted by Gasteiger charge is -2.31. The van der Waals surface area contributed by atoms with Crippen LogP contribution in [0.4, 0.5) is 0 Å². The van der Waals surface area contributed by atoms with Crippen LogP contribution >= 0.6 is 15.9 Å². The normalized spacial score (nSPS) is 28.6. The van der Waals surface area contributed by atoms with Crippen molar-refractivity contribution in [2.75, 3.05) is 13.1 Å². The third-order valence-electron chi connectivity index (χ3n) is 8.43. The summed E-state index contributed by atoms with van der Waals surface area (Å²) in [5.74, 6) is 3.51. The van der Waals surface area contributed by atoms with Gasteiger partial charge in [-0.1, -0.05) is 26.0 Å². The lowest BCUT2D eigenvalue weighted by molar-refractivity contribution is 0.292. The highest BCUT2D eigenvalue weighted by Crippen LogP contribution is 2.43. The fourth-order valence-electron chi connectivity index (χ4n) is 6.48. The number of nitrogens with one attached hydrogen (secondary N) is 1. The zero-order valence-corrected chi connectivity index (χ0v) is 20.4. The van der Waals surface area contributed by atoms with E-state index in [1.807, 2.05) is 12.1 Å². The average Bonchev–Trinajstić information content (AvgIpc) is 3.29. The lowest BCUT2D eigenvalue weighted by Crippen LogP contribution is -2.32. The number of benzene rings is 1. The average molecular weight is 495 g/mol. The second-order valence-electron chi connectivity index (χ2n) is 10.3. The van der Waals surface area contributed by atoms with Crippen LogP contribution in [0.1, 0.15) is 57.0 Å². The number of hydrogen-bond donors (Lipinski definition) is 1. The summed E-state index contributed by atoms with van der Waals surface area (Å²) in [6.07, 6.45) is 10.6. The zero-order chi connectivity index (χ0) is 22.0. The monoisotopic (exact) mass is 494 g/mol.